The quantitative estimate of drug-likeness (QED) is 0.650. The van der Waals surface area contributed by atoms with Gasteiger partial charge in [0, 0.05) is 0 Å². The molecule has 2 rings (SSSR count). The summed E-state index contributed by atoms with van der Waals surface area (Å²) in [7, 11) is 0. The number of hydrogen-bond donors (Lipinski definition) is 1. The molecular weight excluding hydrogens is 342 g/mol. The Morgan fingerprint density at radius 3 is 2.65 bits per heavy atom. The van der Waals surface area contributed by atoms with Crippen molar-refractivity contribution in [1.82, 2.24) is 5.43 Å². The maximum atomic E-state index is 13.3. The van der Waals surface area contributed by atoms with E-state index in [4.69, 9.17) is 27.9 Å². The Balaban J connectivity index is 1.92. The lowest BCUT2D eigenvalue weighted by Crippen LogP contribution is -2.25. The minimum absolute atomic E-state index is 0.00725. The van der Waals surface area contributed by atoms with Crippen molar-refractivity contribution >= 4 is 34.8 Å². The van der Waals surface area contributed by atoms with E-state index in [9.17, 15) is 9.18 Å². The molecule has 0 atom stereocenters. The van der Waals surface area contributed by atoms with Crippen molar-refractivity contribution in [3.8, 4) is 5.75 Å². The van der Waals surface area contributed by atoms with E-state index in [1.165, 1.54) is 18.2 Å². The Morgan fingerprint density at radius 1 is 1.22 bits per heavy atom. The second-order valence-electron chi connectivity index (χ2n) is 4.58. The van der Waals surface area contributed by atoms with Gasteiger partial charge < -0.3 is 4.74 Å². The molecule has 2 aromatic rings. The van der Waals surface area contributed by atoms with Crippen molar-refractivity contribution in [2.24, 2.45) is 5.10 Å². The molecule has 0 aliphatic heterocycles. The van der Waals surface area contributed by atoms with Crippen LogP contribution in [-0.2, 0) is 4.79 Å². The summed E-state index contributed by atoms with van der Waals surface area (Å²) in [5, 5.41) is 4.77. The molecule has 4 nitrogen and oxygen atoms in total. The Hall–Kier alpha value is -2.11. The van der Waals surface area contributed by atoms with Crippen molar-refractivity contribution in [3.63, 3.8) is 0 Å². The average molecular weight is 355 g/mol. The first-order valence-electron chi connectivity index (χ1n) is 6.63. The zero-order chi connectivity index (χ0) is 16.8. The molecule has 0 aliphatic carbocycles. The first kappa shape index (κ1) is 17.2. The second kappa shape index (κ2) is 7.94. The number of nitrogens with one attached hydrogen (secondary N) is 1. The highest BCUT2D eigenvalue weighted by molar-refractivity contribution is 6.42. The Labute approximate surface area is 142 Å². The van der Waals surface area contributed by atoms with Crippen LogP contribution in [-0.4, -0.2) is 18.2 Å². The van der Waals surface area contributed by atoms with Gasteiger partial charge in [-0.3, -0.25) is 4.79 Å². The summed E-state index contributed by atoms with van der Waals surface area (Å²) in [6.45, 7) is 1.36. The molecule has 0 bridgehead atoms. The highest BCUT2D eigenvalue weighted by Crippen LogP contribution is 2.22. The van der Waals surface area contributed by atoms with Crippen LogP contribution < -0.4 is 10.2 Å². The van der Waals surface area contributed by atoms with Crippen molar-refractivity contribution in [2.45, 2.75) is 6.92 Å². The first-order valence-corrected chi connectivity index (χ1v) is 7.39. The van der Waals surface area contributed by atoms with Crippen molar-refractivity contribution < 1.29 is 13.9 Å². The van der Waals surface area contributed by atoms with Gasteiger partial charge in [0.2, 0.25) is 0 Å². The molecule has 23 heavy (non-hydrogen) atoms. The summed E-state index contributed by atoms with van der Waals surface area (Å²) in [5.41, 5.74) is 3.59. The molecule has 0 saturated heterocycles. The van der Waals surface area contributed by atoms with Gasteiger partial charge in [0.05, 0.1) is 15.8 Å². The lowest BCUT2D eigenvalue weighted by molar-refractivity contribution is -0.123. The largest absolute Gasteiger partial charge is 0.481 e. The minimum Gasteiger partial charge on any atom is -0.481 e. The van der Waals surface area contributed by atoms with Crippen LogP contribution in [0.25, 0.3) is 0 Å². The van der Waals surface area contributed by atoms with Gasteiger partial charge in [0.25, 0.3) is 5.91 Å². The molecule has 1 amide bonds. The lowest BCUT2D eigenvalue weighted by Gasteiger charge is -2.07. The van der Waals surface area contributed by atoms with E-state index in [1.54, 1.807) is 31.2 Å². The molecule has 0 aliphatic rings. The van der Waals surface area contributed by atoms with Gasteiger partial charge in [-0.15, -0.1) is 0 Å². The zero-order valence-electron chi connectivity index (χ0n) is 12.1. The normalized spacial score (nSPS) is 11.2. The van der Waals surface area contributed by atoms with E-state index in [2.05, 4.69) is 10.5 Å². The average Bonchev–Trinajstić information content (AvgIpc) is 2.54. The number of carbonyl (C=O) groups excluding carboxylic acids is 1. The number of hydrogen-bond acceptors (Lipinski definition) is 3. The highest BCUT2D eigenvalue weighted by Gasteiger charge is 2.07. The maximum absolute atomic E-state index is 13.3. The lowest BCUT2D eigenvalue weighted by atomic mass is 10.1. The van der Waals surface area contributed by atoms with Gasteiger partial charge in [0.1, 0.15) is 0 Å². The number of hydrazone groups is 1. The van der Waals surface area contributed by atoms with E-state index in [0.717, 1.165) is 5.56 Å². The fourth-order valence-electron chi connectivity index (χ4n) is 1.67. The fraction of sp³-hybridized carbons (Fsp3) is 0.125. The molecule has 0 saturated carbocycles. The van der Waals surface area contributed by atoms with Crippen LogP contribution in [0, 0.1) is 5.82 Å². The van der Waals surface area contributed by atoms with Crippen LogP contribution in [0.4, 0.5) is 4.39 Å². The Bertz CT molecular complexity index is 751. The number of carbonyl (C=O) groups is 1. The predicted molar refractivity (Wildman–Crippen MR) is 88.7 cm³/mol. The molecule has 1 N–H and O–H groups in total. The molecule has 0 spiro atoms. The molecule has 0 aromatic heterocycles. The number of benzene rings is 2. The minimum atomic E-state index is -0.532. The molecule has 0 heterocycles. The molecule has 0 radical (unpaired) electrons. The van der Waals surface area contributed by atoms with E-state index < -0.39 is 11.7 Å². The van der Waals surface area contributed by atoms with Gasteiger partial charge in [-0.25, -0.2) is 9.82 Å². The van der Waals surface area contributed by atoms with Crippen molar-refractivity contribution in [2.75, 3.05) is 6.61 Å². The summed E-state index contributed by atoms with van der Waals surface area (Å²) in [5.74, 6) is -1.03. The number of ether oxygens (including phenoxy) is 1. The SMILES string of the molecule is C/C(=N\NC(=O)COc1ccccc1F)c1ccc(Cl)c(Cl)c1. The molecule has 7 heteroatoms. The maximum Gasteiger partial charge on any atom is 0.277 e. The smallest absolute Gasteiger partial charge is 0.277 e. The van der Waals surface area contributed by atoms with Gasteiger partial charge in [-0.1, -0.05) is 41.4 Å². The van der Waals surface area contributed by atoms with Gasteiger partial charge in [-0.05, 0) is 36.8 Å². The summed E-state index contributed by atoms with van der Waals surface area (Å²) in [6.07, 6.45) is 0. The summed E-state index contributed by atoms with van der Waals surface area (Å²) >= 11 is 11.8. The molecule has 2 aromatic carbocycles. The van der Waals surface area contributed by atoms with Crippen LogP contribution >= 0.6 is 23.2 Å². The fourth-order valence-corrected chi connectivity index (χ4v) is 1.97. The van der Waals surface area contributed by atoms with E-state index in [1.807, 2.05) is 0 Å². The number of para-hydroxylation sites is 1. The molecule has 120 valence electrons. The second-order valence-corrected chi connectivity index (χ2v) is 5.39. The topological polar surface area (TPSA) is 50.7 Å². The van der Waals surface area contributed by atoms with Gasteiger partial charge >= 0.3 is 0 Å². The third-order valence-corrected chi connectivity index (χ3v) is 3.62. The van der Waals surface area contributed by atoms with E-state index in [-0.39, 0.29) is 12.4 Å². The third-order valence-electron chi connectivity index (χ3n) is 2.88. The predicted octanol–water partition coefficient (Wildman–Crippen LogP) is 4.05. The molecular formula is C16H13Cl2FN2O2. The molecule has 0 fully saturated rings. The van der Waals surface area contributed by atoms with E-state index in [0.29, 0.717) is 15.8 Å². The van der Waals surface area contributed by atoms with Crippen LogP contribution in [0.3, 0.4) is 0 Å². The van der Waals surface area contributed by atoms with Gasteiger partial charge in [0.15, 0.2) is 18.2 Å². The number of amides is 1. The van der Waals surface area contributed by atoms with Crippen LogP contribution in [0.15, 0.2) is 47.6 Å². The van der Waals surface area contributed by atoms with Crippen LogP contribution in [0.1, 0.15) is 12.5 Å². The van der Waals surface area contributed by atoms with Crippen molar-refractivity contribution in [3.05, 3.63) is 63.9 Å². The van der Waals surface area contributed by atoms with Crippen molar-refractivity contribution in [1.29, 1.82) is 0 Å². The number of rotatable bonds is 5. The third kappa shape index (κ3) is 4.94. The van der Waals surface area contributed by atoms with Crippen LogP contribution in [0.2, 0.25) is 10.0 Å². The standard InChI is InChI=1S/C16H13Cl2FN2O2/c1-10(11-6-7-12(17)13(18)8-11)20-21-16(22)9-23-15-5-3-2-4-14(15)19/h2-8H,9H2,1H3,(H,21,22)/b20-10+. The van der Waals surface area contributed by atoms with E-state index >= 15 is 0 Å². The first-order chi connectivity index (χ1) is 11.0. The summed E-state index contributed by atoms with van der Waals surface area (Å²) in [6, 6.07) is 10.9. The van der Waals surface area contributed by atoms with Crippen LogP contribution in [0.5, 0.6) is 5.75 Å². The highest BCUT2D eigenvalue weighted by atomic mass is 35.5. The molecule has 0 unspecified atom stereocenters. The monoisotopic (exact) mass is 354 g/mol. The number of halogens is 3. The van der Waals surface area contributed by atoms with Gasteiger partial charge in [-0.2, -0.15) is 5.10 Å². The Kier molecular flexibility index (Phi) is 5.96. The summed E-state index contributed by atoms with van der Waals surface area (Å²) < 4.78 is 18.4. The summed E-state index contributed by atoms with van der Waals surface area (Å²) in [4.78, 5) is 11.7. The number of nitrogens with zero attached hydrogens (tertiary/aromatic N) is 1. The Morgan fingerprint density at radius 2 is 1.96 bits per heavy atom. The zero-order valence-corrected chi connectivity index (χ0v) is 13.7.